The molecule has 2 aliphatic carbocycles. The molecule has 360 valence electrons. The molecule has 4 nitrogen and oxygen atoms in total. The van der Waals surface area contributed by atoms with Gasteiger partial charge in [0, 0.05) is 83.1 Å². The zero-order valence-corrected chi connectivity index (χ0v) is 42.5. The van der Waals surface area contributed by atoms with Crippen molar-refractivity contribution in [3.05, 3.63) is 294 Å². The van der Waals surface area contributed by atoms with Crippen molar-refractivity contribution in [2.75, 3.05) is 9.80 Å². The fraction of sp³-hybridized carbons (Fsp3) is 0.0417. The van der Waals surface area contributed by atoms with Crippen molar-refractivity contribution >= 4 is 110 Å². The molecule has 14 aromatic rings. The number of nitrogens with one attached hydrogen (secondary N) is 1. The van der Waals surface area contributed by atoms with Gasteiger partial charge < -0.3 is 14.8 Å². The zero-order chi connectivity index (χ0) is 50.3. The van der Waals surface area contributed by atoms with Gasteiger partial charge in [-0.15, -0.1) is 11.3 Å². The highest BCUT2D eigenvalue weighted by atomic mass is 32.1. The Morgan fingerprint density at radius 2 is 1.19 bits per heavy atom. The van der Waals surface area contributed by atoms with E-state index in [4.69, 9.17) is 4.98 Å². The number of fused-ring (bicyclic) bond motifs is 15. The lowest BCUT2D eigenvalue weighted by atomic mass is 9.62. The van der Waals surface area contributed by atoms with E-state index in [1.165, 1.54) is 91.9 Å². The first kappa shape index (κ1) is 42.8. The van der Waals surface area contributed by atoms with Gasteiger partial charge >= 0.3 is 0 Å². The van der Waals surface area contributed by atoms with Crippen molar-refractivity contribution in [1.82, 2.24) is 9.97 Å². The van der Waals surface area contributed by atoms with E-state index in [1.807, 2.05) is 17.5 Å². The number of pyridine rings is 1. The number of para-hydroxylation sites is 1. The molecule has 0 fully saturated rings. The van der Waals surface area contributed by atoms with Gasteiger partial charge in [-0.25, -0.2) is 0 Å². The molecule has 5 heteroatoms. The number of thiophene rings is 1. The number of hydrogen-bond acceptors (Lipinski definition) is 4. The summed E-state index contributed by atoms with van der Waals surface area (Å²) < 4.78 is 1.30. The standard InChI is InChI=1S/C72H46N4S/c1-4-22-47(23-5-1)72(48-24-6-2-7-25-48)58-42-62(75(49-26-8-3-9-27-49)61-41-46-20-11-13-30-53(46)70-57(61)36-38-74-70)54-31-14-15-32-55(54)65(58)67-59(72)43-63-68-66-51(33-17-35-64(66)77-71(67)68)44-21-16-28-50(39-44)76(63)60-40-45-19-10-12-29-52(45)69-56(60)34-18-37-73-69/h1-43,59,67,74H. The highest BCUT2D eigenvalue weighted by molar-refractivity contribution is 7.19. The minimum Gasteiger partial charge on any atom is -0.361 e. The Morgan fingerprint density at radius 1 is 0.532 bits per heavy atom. The summed E-state index contributed by atoms with van der Waals surface area (Å²) in [5.74, 6) is -0.0811. The van der Waals surface area contributed by atoms with Crippen LogP contribution >= 0.6 is 11.3 Å². The Morgan fingerprint density at radius 3 is 1.99 bits per heavy atom. The van der Waals surface area contributed by atoms with Crippen LogP contribution in [0.2, 0.25) is 0 Å². The molecule has 17 rings (SSSR count). The van der Waals surface area contributed by atoms with Crippen LogP contribution in [0, 0.1) is 5.92 Å². The van der Waals surface area contributed by atoms with E-state index >= 15 is 0 Å². The topological polar surface area (TPSA) is 35.2 Å². The average Bonchev–Trinajstić information content (AvgIpc) is 4.28. The van der Waals surface area contributed by atoms with Crippen molar-refractivity contribution in [3.63, 3.8) is 0 Å². The number of allylic oxidation sites excluding steroid dienone is 1. The fourth-order valence-corrected chi connectivity index (χ4v) is 15.7. The summed E-state index contributed by atoms with van der Waals surface area (Å²) in [7, 11) is 0. The number of H-pyrrole nitrogens is 1. The van der Waals surface area contributed by atoms with Crippen LogP contribution in [-0.4, -0.2) is 9.97 Å². The molecule has 0 amide bonds. The first-order valence-electron chi connectivity index (χ1n) is 26.7. The third-order valence-electron chi connectivity index (χ3n) is 17.3. The third-order valence-corrected chi connectivity index (χ3v) is 18.5. The fourth-order valence-electron chi connectivity index (χ4n) is 14.3. The molecule has 11 aromatic carbocycles. The Bertz CT molecular complexity index is 4740. The molecule has 4 heterocycles. The zero-order valence-electron chi connectivity index (χ0n) is 41.7. The molecule has 0 saturated carbocycles. The smallest absolute Gasteiger partial charge is 0.0801 e. The summed E-state index contributed by atoms with van der Waals surface area (Å²) in [6.45, 7) is 0. The molecule has 2 unspecified atom stereocenters. The van der Waals surface area contributed by atoms with E-state index in [-0.39, 0.29) is 11.8 Å². The van der Waals surface area contributed by atoms with Gasteiger partial charge in [0.2, 0.25) is 0 Å². The molecule has 2 bridgehead atoms. The lowest BCUT2D eigenvalue weighted by Gasteiger charge is -2.42. The lowest BCUT2D eigenvalue weighted by molar-refractivity contribution is 0.453. The third kappa shape index (κ3) is 5.89. The van der Waals surface area contributed by atoms with E-state index in [9.17, 15) is 0 Å². The van der Waals surface area contributed by atoms with Crippen LogP contribution in [-0.2, 0) is 5.41 Å². The molecule has 2 atom stereocenters. The van der Waals surface area contributed by atoms with Crippen LogP contribution in [0.3, 0.4) is 0 Å². The van der Waals surface area contributed by atoms with Gasteiger partial charge in [-0.3, -0.25) is 4.98 Å². The number of rotatable bonds is 6. The molecule has 0 saturated heterocycles. The van der Waals surface area contributed by atoms with Crippen LogP contribution in [0.5, 0.6) is 0 Å². The Labute approximate surface area is 449 Å². The molecular formula is C72H46N4S. The van der Waals surface area contributed by atoms with Gasteiger partial charge in [0.1, 0.15) is 0 Å². The number of aromatic amines is 1. The molecule has 1 aliphatic heterocycles. The summed E-state index contributed by atoms with van der Waals surface area (Å²) in [6.07, 6.45) is 6.76. The van der Waals surface area contributed by atoms with Gasteiger partial charge in [0.25, 0.3) is 0 Å². The van der Waals surface area contributed by atoms with E-state index in [1.54, 1.807) is 0 Å². The van der Waals surface area contributed by atoms with Crippen molar-refractivity contribution in [1.29, 1.82) is 0 Å². The van der Waals surface area contributed by atoms with Gasteiger partial charge in [-0.1, -0.05) is 182 Å². The predicted molar refractivity (Wildman–Crippen MR) is 323 cm³/mol. The summed E-state index contributed by atoms with van der Waals surface area (Å²) in [4.78, 5) is 15.4. The second kappa shape index (κ2) is 16.2. The quantitative estimate of drug-likeness (QED) is 0.169. The van der Waals surface area contributed by atoms with E-state index in [0.29, 0.717) is 0 Å². The normalized spacial score (nSPS) is 15.9. The summed E-state index contributed by atoms with van der Waals surface area (Å²) >= 11 is 2.00. The van der Waals surface area contributed by atoms with Crippen LogP contribution in [0.1, 0.15) is 38.6 Å². The van der Waals surface area contributed by atoms with Crippen LogP contribution in [0.4, 0.5) is 28.4 Å². The SMILES string of the molecule is C1=C2c3c(sc4cccc(c34)-c3cccc(c3)N2c2cc3ccccc3c3ncccc23)C2c3c(cc(N(c4ccccc4)c4cc5ccccc5c5[nH]ccc45)c4ccccc34)C(c3ccccc3)(c3ccccc3)C12. The molecule has 0 spiro atoms. The maximum Gasteiger partial charge on any atom is 0.0801 e. The molecule has 3 aromatic heterocycles. The highest BCUT2D eigenvalue weighted by Gasteiger charge is 2.58. The summed E-state index contributed by atoms with van der Waals surface area (Å²) in [5.41, 5.74) is 17.4. The average molecular weight is 999 g/mol. The molecule has 0 radical (unpaired) electrons. The maximum atomic E-state index is 5.14. The van der Waals surface area contributed by atoms with Gasteiger partial charge in [-0.2, -0.15) is 0 Å². The number of aromatic nitrogens is 2. The van der Waals surface area contributed by atoms with E-state index in [2.05, 4.69) is 270 Å². The number of benzene rings is 11. The van der Waals surface area contributed by atoms with Gasteiger partial charge in [0.05, 0.1) is 39.2 Å². The molecule has 77 heavy (non-hydrogen) atoms. The van der Waals surface area contributed by atoms with Gasteiger partial charge in [0.15, 0.2) is 0 Å². The van der Waals surface area contributed by atoms with Crippen molar-refractivity contribution in [3.8, 4) is 11.1 Å². The molecule has 3 aliphatic rings. The summed E-state index contributed by atoms with van der Waals surface area (Å²) in [6, 6.07) is 91.0. The van der Waals surface area contributed by atoms with Crippen molar-refractivity contribution in [2.45, 2.75) is 11.3 Å². The number of hydrogen-bond donors (Lipinski definition) is 1. The molecular weight excluding hydrogens is 953 g/mol. The maximum absolute atomic E-state index is 5.14. The first-order valence-corrected chi connectivity index (χ1v) is 27.5. The number of anilines is 5. The van der Waals surface area contributed by atoms with Crippen LogP contribution in [0.15, 0.2) is 261 Å². The monoisotopic (exact) mass is 998 g/mol. The lowest BCUT2D eigenvalue weighted by Crippen LogP contribution is -2.37. The molecule has 1 N–H and O–H groups in total. The van der Waals surface area contributed by atoms with Crippen LogP contribution < -0.4 is 9.80 Å². The number of nitrogens with zero attached hydrogens (tertiary/aromatic N) is 3. The highest BCUT2D eigenvalue weighted by Crippen LogP contribution is 2.68. The van der Waals surface area contributed by atoms with Crippen molar-refractivity contribution < 1.29 is 0 Å². The minimum absolute atomic E-state index is 0.00906. The summed E-state index contributed by atoms with van der Waals surface area (Å²) in [5, 5.41) is 10.8. The largest absolute Gasteiger partial charge is 0.361 e. The van der Waals surface area contributed by atoms with Crippen LogP contribution in [0.25, 0.3) is 81.0 Å². The van der Waals surface area contributed by atoms with E-state index in [0.717, 1.165) is 50.2 Å². The predicted octanol–water partition coefficient (Wildman–Crippen LogP) is 19.1. The minimum atomic E-state index is -0.664. The second-order valence-electron chi connectivity index (χ2n) is 21.0. The first-order chi connectivity index (χ1) is 38.2. The van der Waals surface area contributed by atoms with Gasteiger partial charge in [-0.05, 0) is 116 Å². The Balaban J connectivity index is 1.04. The Kier molecular flexibility index (Phi) is 9.01. The van der Waals surface area contributed by atoms with Crippen molar-refractivity contribution in [2.24, 2.45) is 5.92 Å². The Hall–Kier alpha value is -9.55. The second-order valence-corrected chi connectivity index (χ2v) is 22.1. The van der Waals surface area contributed by atoms with E-state index < -0.39 is 5.41 Å².